The molecule has 32 heavy (non-hydrogen) atoms. The van der Waals surface area contributed by atoms with Crippen molar-refractivity contribution in [1.82, 2.24) is 9.80 Å². The minimum absolute atomic E-state index is 0.113. The fraction of sp³-hybridized carbons (Fsp3) is 0.391. The Bertz CT molecular complexity index is 1160. The monoisotopic (exact) mass is 494 g/mol. The number of halogens is 1. The van der Waals surface area contributed by atoms with Gasteiger partial charge in [-0.15, -0.1) is 0 Å². The zero-order chi connectivity index (χ0) is 22.8. The SMILES string of the molecule is O=S1(=O)CC(N2CCN(CC=Cc3ccccc3)CC2)C(S(=O)(=O)c2ccc(Cl)cc2)C1. The van der Waals surface area contributed by atoms with Gasteiger partial charge in [0.15, 0.2) is 19.7 Å². The van der Waals surface area contributed by atoms with E-state index in [1.54, 1.807) is 0 Å². The Morgan fingerprint density at radius 3 is 2.25 bits per heavy atom. The van der Waals surface area contributed by atoms with Crippen molar-refractivity contribution in [2.45, 2.75) is 16.2 Å². The highest BCUT2D eigenvalue weighted by Gasteiger charge is 2.48. The van der Waals surface area contributed by atoms with E-state index < -0.39 is 31.0 Å². The van der Waals surface area contributed by atoms with Gasteiger partial charge in [-0.1, -0.05) is 54.1 Å². The average Bonchev–Trinajstić information content (AvgIpc) is 3.12. The first-order chi connectivity index (χ1) is 15.2. The maximum absolute atomic E-state index is 13.3. The van der Waals surface area contributed by atoms with E-state index in [0.717, 1.165) is 25.2 Å². The summed E-state index contributed by atoms with van der Waals surface area (Å²) in [4.78, 5) is 4.46. The van der Waals surface area contributed by atoms with Gasteiger partial charge < -0.3 is 0 Å². The third-order valence-electron chi connectivity index (χ3n) is 6.16. The molecule has 2 atom stereocenters. The largest absolute Gasteiger partial charge is 0.297 e. The van der Waals surface area contributed by atoms with Gasteiger partial charge in [-0.25, -0.2) is 16.8 Å². The van der Waals surface area contributed by atoms with Crippen LogP contribution in [0.15, 0.2) is 65.6 Å². The van der Waals surface area contributed by atoms with Crippen LogP contribution in [0.5, 0.6) is 0 Å². The maximum Gasteiger partial charge on any atom is 0.183 e. The second-order valence-corrected chi connectivity index (χ2v) is 13.1. The Morgan fingerprint density at radius 1 is 0.938 bits per heavy atom. The molecule has 2 saturated heterocycles. The number of sulfone groups is 2. The van der Waals surface area contributed by atoms with E-state index in [2.05, 4.69) is 29.2 Å². The first-order valence-electron chi connectivity index (χ1n) is 10.6. The summed E-state index contributed by atoms with van der Waals surface area (Å²) in [6, 6.07) is 15.5. The van der Waals surface area contributed by atoms with E-state index in [9.17, 15) is 16.8 Å². The fourth-order valence-corrected chi connectivity index (χ4v) is 9.37. The summed E-state index contributed by atoms with van der Waals surface area (Å²) in [5.74, 6) is -0.443. The molecule has 172 valence electrons. The van der Waals surface area contributed by atoms with Gasteiger partial charge in [0.25, 0.3) is 0 Å². The minimum Gasteiger partial charge on any atom is -0.297 e. The normalized spacial score (nSPS) is 24.8. The Hall–Kier alpha value is -1.71. The predicted molar refractivity (Wildman–Crippen MR) is 128 cm³/mol. The molecule has 0 bridgehead atoms. The molecule has 0 N–H and O–H groups in total. The van der Waals surface area contributed by atoms with Crippen LogP contribution in [-0.2, 0) is 19.7 Å². The maximum atomic E-state index is 13.3. The quantitative estimate of drug-likeness (QED) is 0.614. The van der Waals surface area contributed by atoms with Crippen molar-refractivity contribution in [2.75, 3.05) is 44.2 Å². The van der Waals surface area contributed by atoms with Crippen LogP contribution in [-0.4, -0.2) is 82.2 Å². The van der Waals surface area contributed by atoms with Gasteiger partial charge in [0, 0.05) is 43.8 Å². The van der Waals surface area contributed by atoms with Crippen LogP contribution in [0.25, 0.3) is 6.08 Å². The third kappa shape index (κ3) is 5.43. The molecule has 2 aliphatic heterocycles. The fourth-order valence-electron chi connectivity index (χ4n) is 4.41. The number of benzene rings is 2. The zero-order valence-electron chi connectivity index (χ0n) is 17.7. The molecule has 4 rings (SSSR count). The highest BCUT2D eigenvalue weighted by molar-refractivity contribution is 7.96. The molecule has 9 heteroatoms. The van der Waals surface area contributed by atoms with Gasteiger partial charge in [0.2, 0.25) is 0 Å². The molecular weight excluding hydrogens is 468 g/mol. The first kappa shape index (κ1) is 23.4. The highest BCUT2D eigenvalue weighted by Crippen LogP contribution is 2.30. The Morgan fingerprint density at radius 2 is 1.59 bits per heavy atom. The number of hydrogen-bond donors (Lipinski definition) is 0. The van der Waals surface area contributed by atoms with Gasteiger partial charge in [-0.2, -0.15) is 0 Å². The van der Waals surface area contributed by atoms with Crippen LogP contribution in [0.2, 0.25) is 5.02 Å². The van der Waals surface area contributed by atoms with Crippen LogP contribution >= 0.6 is 11.6 Å². The van der Waals surface area contributed by atoms with Crippen molar-refractivity contribution in [1.29, 1.82) is 0 Å². The summed E-state index contributed by atoms with van der Waals surface area (Å²) in [6.07, 6.45) is 4.21. The van der Waals surface area contributed by atoms with Gasteiger partial charge in [0.1, 0.15) is 0 Å². The van der Waals surface area contributed by atoms with Gasteiger partial charge in [-0.05, 0) is 29.8 Å². The van der Waals surface area contributed by atoms with E-state index in [4.69, 9.17) is 11.6 Å². The molecule has 0 aromatic heterocycles. The molecule has 0 aliphatic carbocycles. The van der Waals surface area contributed by atoms with Crippen LogP contribution in [0.4, 0.5) is 0 Å². The summed E-state index contributed by atoms with van der Waals surface area (Å²) in [7, 11) is -7.21. The lowest BCUT2D eigenvalue weighted by atomic mass is 10.1. The summed E-state index contributed by atoms with van der Waals surface area (Å²) in [5.41, 5.74) is 1.15. The third-order valence-corrected chi connectivity index (χ3v) is 10.5. The van der Waals surface area contributed by atoms with Gasteiger partial charge in [0.05, 0.1) is 21.7 Å². The molecular formula is C23H27ClN2O4S2. The Balaban J connectivity index is 1.42. The van der Waals surface area contributed by atoms with E-state index >= 15 is 0 Å². The molecule has 2 aromatic rings. The van der Waals surface area contributed by atoms with Crippen LogP contribution in [0, 0.1) is 0 Å². The second-order valence-electron chi connectivity index (χ2n) is 8.33. The van der Waals surface area contributed by atoms with E-state index in [1.165, 1.54) is 24.3 Å². The molecule has 0 spiro atoms. The van der Waals surface area contributed by atoms with Crippen molar-refractivity contribution >= 4 is 37.4 Å². The van der Waals surface area contributed by atoms with Crippen molar-refractivity contribution < 1.29 is 16.8 Å². The summed E-state index contributed by atoms with van der Waals surface area (Å²) in [5, 5.41) is -0.518. The summed E-state index contributed by atoms with van der Waals surface area (Å²) >= 11 is 5.89. The Kier molecular flexibility index (Phi) is 7.07. The molecule has 2 aliphatic rings. The first-order valence-corrected chi connectivity index (χ1v) is 14.4. The lowest BCUT2D eigenvalue weighted by molar-refractivity contribution is 0.113. The van der Waals surface area contributed by atoms with Crippen molar-refractivity contribution in [3.8, 4) is 0 Å². The topological polar surface area (TPSA) is 74.8 Å². The lowest BCUT2D eigenvalue weighted by Crippen LogP contribution is -2.54. The van der Waals surface area contributed by atoms with Crippen molar-refractivity contribution in [3.05, 3.63) is 71.3 Å². The van der Waals surface area contributed by atoms with Crippen molar-refractivity contribution in [3.63, 3.8) is 0 Å². The molecule has 2 heterocycles. The number of rotatable bonds is 6. The number of nitrogens with zero attached hydrogens (tertiary/aromatic N) is 2. The summed E-state index contributed by atoms with van der Waals surface area (Å²) < 4.78 is 51.4. The number of piperazine rings is 1. The Labute approximate surface area is 195 Å². The molecule has 0 amide bonds. The van der Waals surface area contributed by atoms with Crippen LogP contribution < -0.4 is 0 Å². The van der Waals surface area contributed by atoms with E-state index in [-0.39, 0.29) is 16.4 Å². The smallest absolute Gasteiger partial charge is 0.183 e. The second kappa shape index (κ2) is 9.65. The van der Waals surface area contributed by atoms with Crippen LogP contribution in [0.3, 0.4) is 0 Å². The lowest BCUT2D eigenvalue weighted by Gasteiger charge is -2.39. The summed E-state index contributed by atoms with van der Waals surface area (Å²) in [6.45, 7) is 3.63. The number of hydrogen-bond acceptors (Lipinski definition) is 6. The van der Waals surface area contributed by atoms with Crippen LogP contribution in [0.1, 0.15) is 5.56 Å². The average molecular weight is 495 g/mol. The standard InChI is InChI=1S/C23H27ClN2O4S2/c24-20-8-10-21(11-9-20)32(29,30)23-18-31(27,28)17-22(23)26-15-13-25(14-16-26)12-4-7-19-5-2-1-3-6-19/h1-11,22-23H,12-18H2. The zero-order valence-corrected chi connectivity index (χ0v) is 20.1. The molecule has 2 unspecified atom stereocenters. The minimum atomic E-state index is -3.79. The molecule has 6 nitrogen and oxygen atoms in total. The highest BCUT2D eigenvalue weighted by atomic mass is 35.5. The van der Waals surface area contributed by atoms with E-state index in [0.29, 0.717) is 18.1 Å². The van der Waals surface area contributed by atoms with Gasteiger partial charge in [-0.3, -0.25) is 9.80 Å². The van der Waals surface area contributed by atoms with E-state index in [1.807, 2.05) is 23.1 Å². The molecule has 0 radical (unpaired) electrons. The predicted octanol–water partition coefficient (Wildman–Crippen LogP) is 2.61. The molecule has 2 fully saturated rings. The van der Waals surface area contributed by atoms with Gasteiger partial charge >= 0.3 is 0 Å². The van der Waals surface area contributed by atoms with Crippen molar-refractivity contribution in [2.24, 2.45) is 0 Å². The molecule has 2 aromatic carbocycles. The molecule has 0 saturated carbocycles.